The van der Waals surface area contributed by atoms with Gasteiger partial charge >= 0.3 is 0 Å². The van der Waals surface area contributed by atoms with E-state index in [4.69, 9.17) is 0 Å². The summed E-state index contributed by atoms with van der Waals surface area (Å²) in [4.78, 5) is 5.06. The SMILES string of the molecule is C1=CC2=C(C1)C1(C3=C(C=CC3)N2c2ccc(-c3ccccc3)cc2)c2cc(-c3ccccc3)ccc2N(c2ccc(-c3ccccc3)cc2)c2ccc(-c3ccccc3)cc21. The van der Waals surface area contributed by atoms with Crippen LogP contribution in [0.4, 0.5) is 22.7 Å². The molecule has 0 N–H and O–H groups in total. The van der Waals surface area contributed by atoms with Gasteiger partial charge in [-0.25, -0.2) is 0 Å². The Labute approximate surface area is 358 Å². The van der Waals surface area contributed by atoms with Crippen molar-refractivity contribution in [2.75, 3.05) is 9.80 Å². The number of allylic oxidation sites excluding steroid dienone is 6. The molecule has 2 aliphatic heterocycles. The van der Waals surface area contributed by atoms with E-state index in [1.165, 1.54) is 95.2 Å². The third kappa shape index (κ3) is 5.56. The molecular weight excluding hydrogens is 737 g/mol. The summed E-state index contributed by atoms with van der Waals surface area (Å²) in [6.45, 7) is 0. The Bertz CT molecular complexity index is 2950. The fraction of sp³-hybridized carbons (Fsp3) is 0.0508. The molecule has 0 atom stereocenters. The van der Waals surface area contributed by atoms with Gasteiger partial charge in [0.1, 0.15) is 0 Å². The summed E-state index contributed by atoms with van der Waals surface area (Å²) >= 11 is 0. The van der Waals surface area contributed by atoms with Crippen LogP contribution in [0.25, 0.3) is 44.5 Å². The van der Waals surface area contributed by atoms with Crippen LogP contribution in [0.2, 0.25) is 0 Å². The van der Waals surface area contributed by atoms with Gasteiger partial charge in [-0.15, -0.1) is 0 Å². The minimum atomic E-state index is -0.529. The summed E-state index contributed by atoms with van der Waals surface area (Å²) in [5, 5.41) is 0. The third-order valence-corrected chi connectivity index (χ3v) is 13.2. The van der Waals surface area contributed by atoms with Crippen molar-refractivity contribution in [1.82, 2.24) is 0 Å². The zero-order valence-corrected chi connectivity index (χ0v) is 33.7. The van der Waals surface area contributed by atoms with Gasteiger partial charge in [0.15, 0.2) is 0 Å². The van der Waals surface area contributed by atoms with Crippen LogP contribution in [0.15, 0.2) is 253 Å². The van der Waals surface area contributed by atoms with Gasteiger partial charge in [-0.1, -0.05) is 170 Å². The minimum Gasteiger partial charge on any atom is -0.310 e. The van der Waals surface area contributed by atoms with Gasteiger partial charge in [0, 0.05) is 22.8 Å². The average Bonchev–Trinajstić information content (AvgIpc) is 4.05. The van der Waals surface area contributed by atoms with Crippen LogP contribution >= 0.6 is 0 Å². The van der Waals surface area contributed by atoms with E-state index >= 15 is 0 Å². The second kappa shape index (κ2) is 14.3. The first-order valence-electron chi connectivity index (χ1n) is 21.4. The summed E-state index contributed by atoms with van der Waals surface area (Å²) < 4.78 is 0. The number of anilines is 4. The molecule has 2 heterocycles. The fourth-order valence-corrected chi connectivity index (χ4v) is 10.4. The van der Waals surface area contributed by atoms with Crippen molar-refractivity contribution in [3.8, 4) is 44.5 Å². The number of fused-ring (bicyclic) bond motifs is 6. The first-order valence-corrected chi connectivity index (χ1v) is 21.4. The number of rotatable bonds is 6. The van der Waals surface area contributed by atoms with Crippen molar-refractivity contribution in [1.29, 1.82) is 0 Å². The van der Waals surface area contributed by atoms with Crippen molar-refractivity contribution in [2.45, 2.75) is 18.3 Å². The molecule has 2 nitrogen and oxygen atoms in total. The first-order chi connectivity index (χ1) is 30.3. The summed E-state index contributed by atoms with van der Waals surface area (Å²) in [5.41, 5.74) is 22.0. The zero-order valence-electron chi connectivity index (χ0n) is 33.7. The maximum atomic E-state index is 2.54. The molecule has 288 valence electrons. The Kier molecular flexibility index (Phi) is 8.24. The van der Waals surface area contributed by atoms with Crippen molar-refractivity contribution < 1.29 is 0 Å². The third-order valence-electron chi connectivity index (χ3n) is 13.2. The predicted octanol–water partition coefficient (Wildman–Crippen LogP) is 15.4. The molecule has 4 aliphatic rings. The summed E-state index contributed by atoms with van der Waals surface area (Å²) in [6, 6.07) is 75.9. The molecule has 0 saturated carbocycles. The molecule has 0 radical (unpaired) electrons. The van der Waals surface area contributed by atoms with E-state index in [0.717, 1.165) is 18.5 Å². The Morgan fingerprint density at radius 2 is 0.639 bits per heavy atom. The lowest BCUT2D eigenvalue weighted by molar-refractivity contribution is 0.643. The number of benzene rings is 8. The lowest BCUT2D eigenvalue weighted by Crippen LogP contribution is -2.44. The van der Waals surface area contributed by atoms with E-state index in [9.17, 15) is 0 Å². The summed E-state index contributed by atoms with van der Waals surface area (Å²) in [5.74, 6) is 0. The van der Waals surface area contributed by atoms with Crippen molar-refractivity contribution in [3.05, 3.63) is 264 Å². The number of nitrogens with zero attached hydrogens (tertiary/aromatic N) is 2. The second-order valence-corrected chi connectivity index (χ2v) is 16.4. The highest BCUT2D eigenvalue weighted by molar-refractivity contribution is 5.94. The van der Waals surface area contributed by atoms with E-state index < -0.39 is 5.41 Å². The highest BCUT2D eigenvalue weighted by Crippen LogP contribution is 2.65. The molecule has 0 unspecified atom stereocenters. The number of hydrogen-bond donors (Lipinski definition) is 0. The van der Waals surface area contributed by atoms with Crippen LogP contribution in [0, 0.1) is 0 Å². The molecule has 0 aromatic heterocycles. The Morgan fingerprint density at radius 1 is 0.311 bits per heavy atom. The van der Waals surface area contributed by atoms with Crippen LogP contribution in [-0.2, 0) is 5.41 Å². The maximum absolute atomic E-state index is 2.54. The van der Waals surface area contributed by atoms with Gasteiger partial charge in [-0.2, -0.15) is 0 Å². The van der Waals surface area contributed by atoms with Crippen LogP contribution in [0.5, 0.6) is 0 Å². The zero-order chi connectivity index (χ0) is 40.3. The quantitative estimate of drug-likeness (QED) is 0.166. The van der Waals surface area contributed by atoms with E-state index in [-0.39, 0.29) is 0 Å². The highest BCUT2D eigenvalue weighted by atomic mass is 15.2. The predicted molar refractivity (Wildman–Crippen MR) is 254 cm³/mol. The number of hydrogen-bond acceptors (Lipinski definition) is 2. The normalized spacial score (nSPS) is 15.5. The van der Waals surface area contributed by atoms with Crippen LogP contribution in [0.3, 0.4) is 0 Å². The van der Waals surface area contributed by atoms with Gasteiger partial charge < -0.3 is 9.80 Å². The molecule has 12 rings (SSSR count). The van der Waals surface area contributed by atoms with E-state index in [1.54, 1.807) is 0 Å². The standard InChI is InChI=1S/C59H42N2/c1-5-15-41(16-6-1)45-27-33-49(34-28-45)60-55-25-13-23-51(55)59(52-24-14-26-56(52)60)53-39-47(43-19-9-3-10-20-43)31-37-57(53)61(50-35-29-46(30-36-50)42-17-7-2-8-18-42)58-38-32-48(40-54(58)59)44-21-11-4-12-22-44/h1-22,25-40H,23-24H2. The molecule has 1 spiro atoms. The van der Waals surface area contributed by atoms with Crippen molar-refractivity contribution in [3.63, 3.8) is 0 Å². The molecule has 8 aromatic carbocycles. The topological polar surface area (TPSA) is 6.48 Å². The van der Waals surface area contributed by atoms with Gasteiger partial charge in [0.25, 0.3) is 0 Å². The monoisotopic (exact) mass is 778 g/mol. The lowest BCUT2D eigenvalue weighted by atomic mass is 9.58. The molecule has 0 saturated heterocycles. The molecule has 0 amide bonds. The van der Waals surface area contributed by atoms with Crippen molar-refractivity contribution >= 4 is 22.7 Å². The molecule has 8 aromatic rings. The highest BCUT2D eigenvalue weighted by Gasteiger charge is 2.54. The largest absolute Gasteiger partial charge is 0.310 e. The van der Waals surface area contributed by atoms with E-state index in [0.29, 0.717) is 0 Å². The van der Waals surface area contributed by atoms with Gasteiger partial charge in [0.2, 0.25) is 0 Å². The molecule has 61 heavy (non-hydrogen) atoms. The average molecular weight is 779 g/mol. The summed E-state index contributed by atoms with van der Waals surface area (Å²) in [7, 11) is 0. The van der Waals surface area contributed by atoms with E-state index in [1.807, 2.05) is 0 Å². The van der Waals surface area contributed by atoms with Gasteiger partial charge in [0.05, 0.1) is 16.8 Å². The van der Waals surface area contributed by atoms with Gasteiger partial charge in [-0.05, 0) is 140 Å². The Balaban J connectivity index is 1.12. The Hall–Kier alpha value is -7.68. The van der Waals surface area contributed by atoms with Crippen LogP contribution in [0.1, 0.15) is 24.0 Å². The molecule has 0 fully saturated rings. The second-order valence-electron chi connectivity index (χ2n) is 16.4. The minimum absolute atomic E-state index is 0.529. The summed E-state index contributed by atoms with van der Waals surface area (Å²) in [6.07, 6.45) is 11.3. The van der Waals surface area contributed by atoms with Crippen molar-refractivity contribution in [2.24, 2.45) is 0 Å². The smallest absolute Gasteiger partial charge is 0.0715 e. The molecular formula is C59H42N2. The van der Waals surface area contributed by atoms with Crippen LogP contribution < -0.4 is 9.80 Å². The van der Waals surface area contributed by atoms with Crippen LogP contribution in [-0.4, -0.2) is 0 Å². The van der Waals surface area contributed by atoms with Gasteiger partial charge in [-0.3, -0.25) is 0 Å². The molecule has 2 heteroatoms. The fourth-order valence-electron chi connectivity index (χ4n) is 10.4. The Morgan fingerprint density at radius 3 is 1.03 bits per heavy atom. The first kappa shape index (κ1) is 35.3. The maximum Gasteiger partial charge on any atom is 0.0715 e. The van der Waals surface area contributed by atoms with E-state index in [2.05, 4.69) is 240 Å². The lowest BCUT2D eigenvalue weighted by Gasteiger charge is -2.51. The molecule has 0 bridgehead atoms. The molecule has 2 aliphatic carbocycles.